The third kappa shape index (κ3) is 3.74. The van der Waals surface area contributed by atoms with Crippen molar-refractivity contribution in [3.05, 3.63) is 23.8 Å². The molecule has 0 atom stereocenters. The molecule has 1 N–H and O–H groups in total. The summed E-state index contributed by atoms with van der Waals surface area (Å²) in [5, 5.41) is 3.14. The van der Waals surface area contributed by atoms with Crippen molar-refractivity contribution in [3.63, 3.8) is 0 Å². The normalized spacial score (nSPS) is 10.2. The molecule has 1 aromatic rings. The number of benzene rings is 1. The average molecular weight is 223 g/mol. The van der Waals surface area contributed by atoms with E-state index < -0.39 is 0 Å². The number of methoxy groups -OCH3 is 1. The predicted octanol–water partition coefficient (Wildman–Crippen LogP) is 2.25. The zero-order valence-corrected chi connectivity index (χ0v) is 10.4. The van der Waals surface area contributed by atoms with Crippen LogP contribution in [-0.2, 0) is 6.42 Å². The van der Waals surface area contributed by atoms with Crippen molar-refractivity contribution in [3.8, 4) is 11.5 Å². The number of ether oxygens (including phenoxy) is 2. The Morgan fingerprint density at radius 3 is 2.69 bits per heavy atom. The molecule has 1 rings (SSSR count). The van der Waals surface area contributed by atoms with Gasteiger partial charge in [-0.05, 0) is 51.1 Å². The van der Waals surface area contributed by atoms with Crippen LogP contribution in [0.4, 0.5) is 0 Å². The third-order valence-electron chi connectivity index (χ3n) is 2.42. The third-order valence-corrected chi connectivity index (χ3v) is 2.42. The van der Waals surface area contributed by atoms with Crippen LogP contribution in [0.25, 0.3) is 0 Å². The van der Waals surface area contributed by atoms with E-state index in [0.717, 1.165) is 30.9 Å². The molecule has 0 fully saturated rings. The first-order valence-electron chi connectivity index (χ1n) is 5.76. The second-order valence-corrected chi connectivity index (χ2v) is 3.63. The summed E-state index contributed by atoms with van der Waals surface area (Å²) in [7, 11) is 3.65. The van der Waals surface area contributed by atoms with Gasteiger partial charge in [0.1, 0.15) is 0 Å². The van der Waals surface area contributed by atoms with Gasteiger partial charge in [-0.15, -0.1) is 0 Å². The lowest BCUT2D eigenvalue weighted by Crippen LogP contribution is -2.08. The Labute approximate surface area is 97.8 Å². The van der Waals surface area contributed by atoms with Crippen LogP contribution in [0.2, 0.25) is 0 Å². The molecule has 1 aromatic carbocycles. The molecule has 0 amide bonds. The molecule has 0 radical (unpaired) electrons. The zero-order chi connectivity index (χ0) is 11.8. The lowest BCUT2D eigenvalue weighted by molar-refractivity contribution is 0.310. The summed E-state index contributed by atoms with van der Waals surface area (Å²) >= 11 is 0. The van der Waals surface area contributed by atoms with Crippen molar-refractivity contribution < 1.29 is 9.47 Å². The van der Waals surface area contributed by atoms with Crippen LogP contribution < -0.4 is 14.8 Å². The molecule has 0 saturated heterocycles. The van der Waals surface area contributed by atoms with Crippen LogP contribution in [0.5, 0.6) is 11.5 Å². The fourth-order valence-corrected chi connectivity index (χ4v) is 1.61. The molecule has 3 nitrogen and oxygen atoms in total. The Balaban J connectivity index is 2.66. The van der Waals surface area contributed by atoms with Gasteiger partial charge in [-0.25, -0.2) is 0 Å². The van der Waals surface area contributed by atoms with E-state index in [1.165, 1.54) is 5.56 Å². The first-order chi connectivity index (χ1) is 7.81. The van der Waals surface area contributed by atoms with E-state index in [1.807, 2.05) is 20.0 Å². The number of aryl methyl sites for hydroxylation is 1. The van der Waals surface area contributed by atoms with E-state index in [9.17, 15) is 0 Å². The largest absolute Gasteiger partial charge is 0.493 e. The van der Waals surface area contributed by atoms with Gasteiger partial charge in [0.05, 0.1) is 13.7 Å². The van der Waals surface area contributed by atoms with Gasteiger partial charge in [0, 0.05) is 0 Å². The molecular formula is C13H21NO2. The summed E-state index contributed by atoms with van der Waals surface area (Å²) in [4.78, 5) is 0. The molecule has 0 bridgehead atoms. The topological polar surface area (TPSA) is 30.5 Å². The second-order valence-electron chi connectivity index (χ2n) is 3.63. The Morgan fingerprint density at radius 2 is 2.06 bits per heavy atom. The monoisotopic (exact) mass is 223 g/mol. The smallest absolute Gasteiger partial charge is 0.161 e. The fraction of sp³-hybridized carbons (Fsp3) is 0.538. The van der Waals surface area contributed by atoms with Gasteiger partial charge in [-0.3, -0.25) is 0 Å². The maximum Gasteiger partial charge on any atom is 0.161 e. The molecule has 0 spiro atoms. The lowest BCUT2D eigenvalue weighted by atomic mass is 10.1. The first kappa shape index (κ1) is 12.8. The predicted molar refractivity (Wildman–Crippen MR) is 66.4 cm³/mol. The van der Waals surface area contributed by atoms with Gasteiger partial charge >= 0.3 is 0 Å². The van der Waals surface area contributed by atoms with Crippen molar-refractivity contribution in [1.82, 2.24) is 5.32 Å². The van der Waals surface area contributed by atoms with Crippen LogP contribution in [0.1, 0.15) is 18.9 Å². The highest BCUT2D eigenvalue weighted by Crippen LogP contribution is 2.28. The van der Waals surface area contributed by atoms with Gasteiger partial charge in [-0.1, -0.05) is 6.07 Å². The van der Waals surface area contributed by atoms with Gasteiger partial charge in [-0.2, -0.15) is 0 Å². The Morgan fingerprint density at radius 1 is 1.25 bits per heavy atom. The maximum atomic E-state index is 5.47. The van der Waals surface area contributed by atoms with Crippen LogP contribution >= 0.6 is 0 Å². The van der Waals surface area contributed by atoms with Gasteiger partial charge < -0.3 is 14.8 Å². The molecule has 0 aliphatic heterocycles. The van der Waals surface area contributed by atoms with E-state index in [0.29, 0.717) is 6.61 Å². The summed E-state index contributed by atoms with van der Waals surface area (Å²) in [5.74, 6) is 1.64. The standard InChI is InChI=1S/C13H21NO2/c1-4-16-12-8-7-11(6-5-9-14-2)10-13(12)15-3/h7-8,10,14H,4-6,9H2,1-3H3. The molecule has 0 aliphatic carbocycles. The molecular weight excluding hydrogens is 202 g/mol. The number of hydrogen-bond acceptors (Lipinski definition) is 3. The number of rotatable bonds is 7. The van der Waals surface area contributed by atoms with Gasteiger partial charge in [0.25, 0.3) is 0 Å². The minimum absolute atomic E-state index is 0.662. The summed E-state index contributed by atoms with van der Waals surface area (Å²) < 4.78 is 10.8. The molecule has 0 aromatic heterocycles. The Kier molecular flexibility index (Phi) is 5.72. The van der Waals surface area contributed by atoms with Crippen molar-refractivity contribution in [2.75, 3.05) is 27.3 Å². The second kappa shape index (κ2) is 7.12. The molecule has 3 heteroatoms. The summed E-state index contributed by atoms with van der Waals surface area (Å²) in [6, 6.07) is 6.14. The number of nitrogens with one attached hydrogen (secondary N) is 1. The van der Waals surface area contributed by atoms with Crippen LogP contribution in [0, 0.1) is 0 Å². The summed E-state index contributed by atoms with van der Waals surface area (Å²) in [6.45, 7) is 3.67. The van der Waals surface area contributed by atoms with Gasteiger partial charge in [0.2, 0.25) is 0 Å². The maximum absolute atomic E-state index is 5.47. The first-order valence-corrected chi connectivity index (χ1v) is 5.76. The number of hydrogen-bond donors (Lipinski definition) is 1. The average Bonchev–Trinajstić information content (AvgIpc) is 2.31. The molecule has 90 valence electrons. The lowest BCUT2D eigenvalue weighted by Gasteiger charge is -2.10. The zero-order valence-electron chi connectivity index (χ0n) is 10.4. The molecule has 16 heavy (non-hydrogen) atoms. The van der Waals surface area contributed by atoms with E-state index in [2.05, 4.69) is 17.4 Å². The Hall–Kier alpha value is -1.22. The summed E-state index contributed by atoms with van der Waals surface area (Å²) in [5.41, 5.74) is 1.29. The minimum atomic E-state index is 0.662. The van der Waals surface area contributed by atoms with E-state index in [-0.39, 0.29) is 0 Å². The summed E-state index contributed by atoms with van der Waals surface area (Å²) in [6.07, 6.45) is 2.19. The molecule has 0 saturated carbocycles. The molecule has 0 heterocycles. The SMILES string of the molecule is CCOc1ccc(CCCNC)cc1OC. The van der Waals surface area contributed by atoms with E-state index >= 15 is 0 Å². The van der Waals surface area contributed by atoms with Crippen molar-refractivity contribution in [1.29, 1.82) is 0 Å². The highest BCUT2D eigenvalue weighted by molar-refractivity contribution is 5.42. The van der Waals surface area contributed by atoms with Crippen molar-refractivity contribution in [2.24, 2.45) is 0 Å². The minimum Gasteiger partial charge on any atom is -0.493 e. The van der Waals surface area contributed by atoms with E-state index in [4.69, 9.17) is 9.47 Å². The highest BCUT2D eigenvalue weighted by atomic mass is 16.5. The van der Waals surface area contributed by atoms with Gasteiger partial charge in [0.15, 0.2) is 11.5 Å². The van der Waals surface area contributed by atoms with Crippen molar-refractivity contribution >= 4 is 0 Å². The Bertz CT molecular complexity index is 313. The van der Waals surface area contributed by atoms with Crippen molar-refractivity contribution in [2.45, 2.75) is 19.8 Å². The quantitative estimate of drug-likeness (QED) is 0.719. The highest BCUT2D eigenvalue weighted by Gasteiger charge is 2.04. The van der Waals surface area contributed by atoms with E-state index in [1.54, 1.807) is 7.11 Å². The van der Waals surface area contributed by atoms with Crippen LogP contribution in [0.3, 0.4) is 0 Å². The van der Waals surface area contributed by atoms with Crippen LogP contribution in [0.15, 0.2) is 18.2 Å². The molecule has 0 aliphatic rings. The molecule has 0 unspecified atom stereocenters. The van der Waals surface area contributed by atoms with Crippen LogP contribution in [-0.4, -0.2) is 27.3 Å². The fourth-order valence-electron chi connectivity index (χ4n) is 1.61.